The molecule has 4 rings (SSSR count). The maximum Gasteiger partial charge on any atom is 0.239 e. The van der Waals surface area contributed by atoms with E-state index in [-0.39, 0.29) is 23.3 Å². The zero-order valence-electron chi connectivity index (χ0n) is 17.0. The molecule has 3 fully saturated rings. The van der Waals surface area contributed by atoms with E-state index in [0.29, 0.717) is 13.0 Å². The molecule has 0 aromatic carbocycles. The molecule has 0 aliphatic carbocycles. The van der Waals surface area contributed by atoms with Gasteiger partial charge in [-0.1, -0.05) is 6.07 Å². The van der Waals surface area contributed by atoms with Crippen LogP contribution in [0.1, 0.15) is 51.0 Å². The summed E-state index contributed by atoms with van der Waals surface area (Å²) in [5.74, 6) is 0.534. The summed E-state index contributed by atoms with van der Waals surface area (Å²) in [5.41, 5.74) is 1.25. The van der Waals surface area contributed by atoms with E-state index in [1.54, 1.807) is 6.20 Å². The lowest BCUT2D eigenvalue weighted by Gasteiger charge is -2.48. The van der Waals surface area contributed by atoms with Gasteiger partial charge in [-0.3, -0.25) is 19.5 Å². The van der Waals surface area contributed by atoms with E-state index in [4.69, 9.17) is 0 Å². The standard InChI is InChI=1S/C22H32N4O2/c1-18(24-11-2-3-12-24)21(28)25-13-8-22(9-14-25)7-6-20(27)26(17-22)16-19-5-4-10-23-15-19/h4-5,10,15,18H,2-3,6-9,11-14,16-17H2,1H3/t18-/m1/s1. The Bertz CT molecular complexity index is 694. The third-order valence-electron chi connectivity index (χ3n) is 7.03. The molecule has 0 saturated carbocycles. The lowest BCUT2D eigenvalue weighted by Crippen LogP contribution is -2.54. The fourth-order valence-electron chi connectivity index (χ4n) is 5.12. The molecule has 4 heterocycles. The minimum Gasteiger partial charge on any atom is -0.341 e. The molecule has 0 radical (unpaired) electrons. The van der Waals surface area contributed by atoms with Gasteiger partial charge in [-0.05, 0) is 69.2 Å². The molecular weight excluding hydrogens is 352 g/mol. The predicted molar refractivity (Wildman–Crippen MR) is 107 cm³/mol. The summed E-state index contributed by atoms with van der Waals surface area (Å²) in [5, 5.41) is 0. The number of piperidine rings is 2. The average molecular weight is 385 g/mol. The Morgan fingerprint density at radius 3 is 2.61 bits per heavy atom. The molecule has 1 spiro atoms. The van der Waals surface area contributed by atoms with Crippen LogP contribution in [-0.2, 0) is 16.1 Å². The smallest absolute Gasteiger partial charge is 0.239 e. The average Bonchev–Trinajstić information content (AvgIpc) is 3.26. The van der Waals surface area contributed by atoms with Crippen LogP contribution in [0, 0.1) is 5.41 Å². The van der Waals surface area contributed by atoms with Gasteiger partial charge in [-0.25, -0.2) is 0 Å². The summed E-state index contributed by atoms with van der Waals surface area (Å²) in [7, 11) is 0. The molecule has 1 aromatic rings. The number of likely N-dealkylation sites (tertiary alicyclic amines) is 3. The molecule has 152 valence electrons. The normalized spacial score (nSPS) is 24.0. The Labute approximate surface area is 167 Å². The molecule has 0 unspecified atom stereocenters. The third-order valence-corrected chi connectivity index (χ3v) is 7.03. The van der Waals surface area contributed by atoms with Crippen molar-refractivity contribution in [3.63, 3.8) is 0 Å². The highest BCUT2D eigenvalue weighted by Gasteiger charge is 2.42. The highest BCUT2D eigenvalue weighted by atomic mass is 16.2. The van der Waals surface area contributed by atoms with E-state index < -0.39 is 0 Å². The highest BCUT2D eigenvalue weighted by molar-refractivity contribution is 5.81. The molecule has 6 heteroatoms. The zero-order chi connectivity index (χ0) is 19.6. The van der Waals surface area contributed by atoms with Crippen LogP contribution in [0.15, 0.2) is 24.5 Å². The van der Waals surface area contributed by atoms with Crippen molar-refractivity contribution in [2.24, 2.45) is 5.41 Å². The Morgan fingerprint density at radius 1 is 1.18 bits per heavy atom. The Balaban J connectivity index is 1.35. The minimum absolute atomic E-state index is 0.00608. The lowest BCUT2D eigenvalue weighted by molar-refractivity contribution is -0.145. The number of pyridine rings is 1. The maximum absolute atomic E-state index is 12.9. The minimum atomic E-state index is 0.00608. The molecule has 3 saturated heterocycles. The summed E-state index contributed by atoms with van der Waals surface area (Å²) in [6, 6.07) is 3.96. The first-order chi connectivity index (χ1) is 13.6. The van der Waals surface area contributed by atoms with Gasteiger partial charge in [0.15, 0.2) is 0 Å². The molecule has 0 bridgehead atoms. The Kier molecular flexibility index (Phi) is 5.67. The van der Waals surface area contributed by atoms with Gasteiger partial charge in [0.05, 0.1) is 6.04 Å². The van der Waals surface area contributed by atoms with Crippen molar-refractivity contribution in [2.75, 3.05) is 32.7 Å². The number of carbonyl (C=O) groups is 2. The van der Waals surface area contributed by atoms with Crippen LogP contribution in [0.4, 0.5) is 0 Å². The van der Waals surface area contributed by atoms with Crippen molar-refractivity contribution in [1.29, 1.82) is 0 Å². The maximum atomic E-state index is 12.9. The number of aromatic nitrogens is 1. The van der Waals surface area contributed by atoms with Gasteiger partial charge in [0, 0.05) is 45.0 Å². The first kappa shape index (κ1) is 19.4. The molecule has 2 amide bonds. The Hall–Kier alpha value is -1.95. The predicted octanol–water partition coefficient (Wildman–Crippen LogP) is 2.30. The van der Waals surface area contributed by atoms with Gasteiger partial charge in [0.25, 0.3) is 0 Å². The van der Waals surface area contributed by atoms with Crippen LogP contribution in [0.2, 0.25) is 0 Å². The molecule has 1 atom stereocenters. The van der Waals surface area contributed by atoms with Crippen LogP contribution < -0.4 is 0 Å². The highest BCUT2D eigenvalue weighted by Crippen LogP contribution is 2.40. The summed E-state index contributed by atoms with van der Waals surface area (Å²) in [6.45, 7) is 7.27. The van der Waals surface area contributed by atoms with Crippen LogP contribution in [0.3, 0.4) is 0 Å². The quantitative estimate of drug-likeness (QED) is 0.799. The second-order valence-electron chi connectivity index (χ2n) is 8.86. The van der Waals surface area contributed by atoms with Crippen molar-refractivity contribution in [2.45, 2.75) is 58.0 Å². The van der Waals surface area contributed by atoms with Crippen LogP contribution in [0.5, 0.6) is 0 Å². The number of nitrogens with zero attached hydrogens (tertiary/aromatic N) is 4. The van der Waals surface area contributed by atoms with E-state index in [1.165, 1.54) is 12.8 Å². The van der Waals surface area contributed by atoms with Gasteiger partial charge in [-0.15, -0.1) is 0 Å². The first-order valence-corrected chi connectivity index (χ1v) is 10.8. The Morgan fingerprint density at radius 2 is 1.93 bits per heavy atom. The van der Waals surface area contributed by atoms with Gasteiger partial charge in [0.2, 0.25) is 11.8 Å². The molecule has 6 nitrogen and oxygen atoms in total. The molecular formula is C22H32N4O2. The van der Waals surface area contributed by atoms with Crippen LogP contribution in [-0.4, -0.2) is 70.3 Å². The summed E-state index contributed by atoms with van der Waals surface area (Å²) >= 11 is 0. The first-order valence-electron chi connectivity index (χ1n) is 10.8. The fraction of sp³-hybridized carbons (Fsp3) is 0.682. The molecule has 28 heavy (non-hydrogen) atoms. The summed E-state index contributed by atoms with van der Waals surface area (Å²) < 4.78 is 0. The van der Waals surface area contributed by atoms with Crippen molar-refractivity contribution in [3.05, 3.63) is 30.1 Å². The number of rotatable bonds is 4. The number of hydrogen-bond acceptors (Lipinski definition) is 4. The summed E-state index contributed by atoms with van der Waals surface area (Å²) in [4.78, 5) is 36.0. The molecule has 0 N–H and O–H groups in total. The second kappa shape index (κ2) is 8.19. The van der Waals surface area contributed by atoms with Crippen molar-refractivity contribution in [3.8, 4) is 0 Å². The van der Waals surface area contributed by atoms with Crippen LogP contribution >= 0.6 is 0 Å². The van der Waals surface area contributed by atoms with E-state index in [9.17, 15) is 9.59 Å². The number of carbonyl (C=O) groups excluding carboxylic acids is 2. The topological polar surface area (TPSA) is 56.8 Å². The largest absolute Gasteiger partial charge is 0.341 e. The van der Waals surface area contributed by atoms with Crippen molar-refractivity contribution in [1.82, 2.24) is 19.7 Å². The van der Waals surface area contributed by atoms with Gasteiger partial charge >= 0.3 is 0 Å². The van der Waals surface area contributed by atoms with E-state index in [2.05, 4.69) is 21.7 Å². The second-order valence-corrected chi connectivity index (χ2v) is 8.86. The van der Waals surface area contributed by atoms with Gasteiger partial charge < -0.3 is 9.80 Å². The lowest BCUT2D eigenvalue weighted by atomic mass is 9.72. The monoisotopic (exact) mass is 384 g/mol. The fourth-order valence-corrected chi connectivity index (χ4v) is 5.12. The van der Waals surface area contributed by atoms with E-state index in [0.717, 1.165) is 57.5 Å². The molecule has 3 aliphatic rings. The van der Waals surface area contributed by atoms with Gasteiger partial charge in [0.1, 0.15) is 0 Å². The molecule has 1 aromatic heterocycles. The third kappa shape index (κ3) is 4.07. The summed E-state index contributed by atoms with van der Waals surface area (Å²) in [6.07, 6.45) is 9.61. The van der Waals surface area contributed by atoms with Crippen molar-refractivity contribution >= 4 is 11.8 Å². The SMILES string of the molecule is C[C@H](C(=O)N1CCC2(CCC(=O)N(Cc3cccnc3)C2)CC1)N1CCCC1. The van der Waals surface area contributed by atoms with E-state index in [1.807, 2.05) is 23.2 Å². The van der Waals surface area contributed by atoms with Crippen molar-refractivity contribution < 1.29 is 9.59 Å². The van der Waals surface area contributed by atoms with Gasteiger partial charge in [-0.2, -0.15) is 0 Å². The zero-order valence-corrected chi connectivity index (χ0v) is 17.0. The number of hydrogen-bond donors (Lipinski definition) is 0. The van der Waals surface area contributed by atoms with Crippen LogP contribution in [0.25, 0.3) is 0 Å². The number of amides is 2. The molecule has 3 aliphatic heterocycles. The van der Waals surface area contributed by atoms with E-state index >= 15 is 0 Å².